The Morgan fingerprint density at radius 2 is 1.36 bits per heavy atom. The zero-order valence-corrected chi connectivity index (χ0v) is 17.8. The van der Waals surface area contributed by atoms with E-state index in [9.17, 15) is 14.4 Å². The summed E-state index contributed by atoms with van der Waals surface area (Å²) in [5.74, 6) is -1.32. The Morgan fingerprint density at radius 3 is 2.00 bits per heavy atom. The van der Waals surface area contributed by atoms with E-state index in [4.69, 9.17) is 0 Å². The predicted octanol–water partition coefficient (Wildman–Crippen LogP) is 6.33. The van der Waals surface area contributed by atoms with Crippen LogP contribution in [0.2, 0.25) is 0 Å². The lowest BCUT2D eigenvalue weighted by Crippen LogP contribution is -2.37. The minimum absolute atomic E-state index is 0.0945. The molecule has 0 atom stereocenters. The molecule has 1 saturated carbocycles. The number of allylic oxidation sites excluding steroid dienone is 6. The van der Waals surface area contributed by atoms with Gasteiger partial charge in [-0.2, -0.15) is 0 Å². The summed E-state index contributed by atoms with van der Waals surface area (Å²) in [7, 11) is 0. The van der Waals surface area contributed by atoms with Crippen molar-refractivity contribution in [3.63, 3.8) is 0 Å². The molecule has 0 N–H and O–H groups in total. The molecule has 0 aliphatic heterocycles. The number of hydrogen-bond acceptors (Lipinski definition) is 3. The van der Waals surface area contributed by atoms with Crippen molar-refractivity contribution in [3.8, 4) is 0 Å². The summed E-state index contributed by atoms with van der Waals surface area (Å²) in [6.45, 7) is 4.04. The Labute approximate surface area is 171 Å². The molecule has 28 heavy (non-hydrogen) atoms. The third-order valence-electron chi connectivity index (χ3n) is 5.14. The first-order chi connectivity index (χ1) is 13.6. The predicted molar refractivity (Wildman–Crippen MR) is 116 cm³/mol. The highest BCUT2D eigenvalue weighted by Gasteiger charge is 2.37. The molecule has 0 heterocycles. The second kappa shape index (κ2) is 15.2. The van der Waals surface area contributed by atoms with Gasteiger partial charge in [-0.1, -0.05) is 69.6 Å². The summed E-state index contributed by atoms with van der Waals surface area (Å²) in [5.41, 5.74) is 0. The largest absolute Gasteiger partial charge is 0.298 e. The highest BCUT2D eigenvalue weighted by molar-refractivity contribution is 6.20. The molecular weight excluding hydrogens is 348 g/mol. The second-order valence-electron chi connectivity index (χ2n) is 7.95. The fourth-order valence-corrected chi connectivity index (χ4v) is 3.60. The summed E-state index contributed by atoms with van der Waals surface area (Å²) in [6, 6.07) is 0. The lowest BCUT2D eigenvalue weighted by Gasteiger charge is -2.22. The van der Waals surface area contributed by atoms with Crippen molar-refractivity contribution >= 4 is 17.3 Å². The van der Waals surface area contributed by atoms with Crippen LogP contribution in [0.15, 0.2) is 36.5 Å². The summed E-state index contributed by atoms with van der Waals surface area (Å²) in [6.07, 6.45) is 23.8. The quantitative estimate of drug-likeness (QED) is 0.199. The van der Waals surface area contributed by atoms with Gasteiger partial charge in [-0.15, -0.1) is 0 Å². The minimum atomic E-state index is -0.946. The monoisotopic (exact) mass is 386 g/mol. The van der Waals surface area contributed by atoms with Gasteiger partial charge in [-0.3, -0.25) is 14.4 Å². The van der Waals surface area contributed by atoms with Gasteiger partial charge in [0.1, 0.15) is 5.92 Å². The van der Waals surface area contributed by atoms with Crippen molar-refractivity contribution in [3.05, 3.63) is 36.5 Å². The zero-order valence-electron chi connectivity index (χ0n) is 17.8. The maximum absolute atomic E-state index is 12.2. The van der Waals surface area contributed by atoms with Crippen LogP contribution in [0.5, 0.6) is 0 Å². The molecule has 0 aromatic rings. The van der Waals surface area contributed by atoms with E-state index in [1.807, 2.05) is 6.92 Å². The molecule has 3 heteroatoms. The van der Waals surface area contributed by atoms with Gasteiger partial charge >= 0.3 is 0 Å². The Bertz CT molecular complexity index is 550. The lowest BCUT2D eigenvalue weighted by molar-refractivity contribution is -0.143. The van der Waals surface area contributed by atoms with Crippen LogP contribution in [0, 0.1) is 11.8 Å². The van der Waals surface area contributed by atoms with Crippen LogP contribution in [0.3, 0.4) is 0 Å². The van der Waals surface area contributed by atoms with Crippen molar-refractivity contribution < 1.29 is 14.4 Å². The van der Waals surface area contributed by atoms with Crippen molar-refractivity contribution in [2.45, 2.75) is 90.9 Å². The maximum atomic E-state index is 12.2. The van der Waals surface area contributed by atoms with Crippen LogP contribution in [0.1, 0.15) is 90.9 Å². The Balaban J connectivity index is 2.01. The zero-order chi connectivity index (χ0) is 20.6. The normalized spacial score (nSPS) is 20.8. The van der Waals surface area contributed by atoms with Gasteiger partial charge in [-0.05, 0) is 44.4 Å². The molecule has 0 saturated heterocycles. The molecule has 0 radical (unpaired) electrons. The highest BCUT2D eigenvalue weighted by atomic mass is 16.2. The standard InChI is InChI=1S/C25H38O3/c1-3-4-5-6-7-8-9-10-11-12-13-14-15-16-17-18-22(26)25-23(27)19-21(2)20-24(25)28/h4-5,7-8,10-11,21,25H,3,6,9,12-20H2,1-2H3/b5-4-,8-7-,11-10-. The first-order valence-electron chi connectivity index (χ1n) is 11.1. The average Bonchev–Trinajstić information content (AvgIpc) is 2.64. The Morgan fingerprint density at radius 1 is 0.821 bits per heavy atom. The molecule has 0 aromatic heterocycles. The molecule has 0 aromatic carbocycles. The topological polar surface area (TPSA) is 51.2 Å². The summed E-state index contributed by atoms with van der Waals surface area (Å²) < 4.78 is 0. The van der Waals surface area contributed by atoms with Gasteiger partial charge in [0.2, 0.25) is 0 Å². The van der Waals surface area contributed by atoms with Crippen LogP contribution in [0.25, 0.3) is 0 Å². The van der Waals surface area contributed by atoms with E-state index in [0.29, 0.717) is 19.3 Å². The number of Topliss-reactive ketones (excluding diaryl/α,β-unsaturated/α-hetero) is 3. The van der Waals surface area contributed by atoms with E-state index < -0.39 is 5.92 Å². The van der Waals surface area contributed by atoms with Gasteiger partial charge in [0.25, 0.3) is 0 Å². The fourth-order valence-electron chi connectivity index (χ4n) is 3.60. The van der Waals surface area contributed by atoms with Gasteiger partial charge in [-0.25, -0.2) is 0 Å². The summed E-state index contributed by atoms with van der Waals surface area (Å²) >= 11 is 0. The van der Waals surface area contributed by atoms with Gasteiger partial charge in [0, 0.05) is 19.3 Å². The number of carbonyl (C=O) groups is 3. The SMILES string of the molecule is CC/C=C\C/C=C\C/C=C\CCCCCCCC(=O)C1C(=O)CC(C)CC1=O. The van der Waals surface area contributed by atoms with Crippen LogP contribution < -0.4 is 0 Å². The van der Waals surface area contributed by atoms with Crippen molar-refractivity contribution in [2.24, 2.45) is 11.8 Å². The fraction of sp³-hybridized carbons (Fsp3) is 0.640. The van der Waals surface area contributed by atoms with E-state index in [2.05, 4.69) is 43.4 Å². The molecule has 0 unspecified atom stereocenters. The van der Waals surface area contributed by atoms with Crippen LogP contribution in [-0.4, -0.2) is 17.3 Å². The number of carbonyl (C=O) groups excluding carboxylic acids is 3. The summed E-state index contributed by atoms with van der Waals surface area (Å²) in [5, 5.41) is 0. The van der Waals surface area contributed by atoms with Crippen LogP contribution in [-0.2, 0) is 14.4 Å². The maximum Gasteiger partial charge on any atom is 0.151 e. The minimum Gasteiger partial charge on any atom is -0.298 e. The Kier molecular flexibility index (Phi) is 13.2. The van der Waals surface area contributed by atoms with Crippen LogP contribution in [0.4, 0.5) is 0 Å². The average molecular weight is 387 g/mol. The highest BCUT2D eigenvalue weighted by Crippen LogP contribution is 2.24. The molecule has 1 rings (SSSR count). The molecular formula is C25H38O3. The first-order valence-corrected chi connectivity index (χ1v) is 11.1. The van der Waals surface area contributed by atoms with Gasteiger partial charge in [0.05, 0.1) is 0 Å². The van der Waals surface area contributed by atoms with Crippen molar-refractivity contribution in [2.75, 3.05) is 0 Å². The molecule has 3 nitrogen and oxygen atoms in total. The van der Waals surface area contributed by atoms with Crippen molar-refractivity contribution in [1.29, 1.82) is 0 Å². The third kappa shape index (κ3) is 10.5. The number of rotatable bonds is 14. The molecule has 0 bridgehead atoms. The lowest BCUT2D eigenvalue weighted by atomic mass is 9.78. The van der Waals surface area contributed by atoms with E-state index >= 15 is 0 Å². The van der Waals surface area contributed by atoms with E-state index in [1.54, 1.807) is 0 Å². The van der Waals surface area contributed by atoms with Gasteiger partial charge in [0.15, 0.2) is 17.3 Å². The van der Waals surface area contributed by atoms with Gasteiger partial charge < -0.3 is 0 Å². The van der Waals surface area contributed by atoms with Crippen molar-refractivity contribution in [1.82, 2.24) is 0 Å². The smallest absolute Gasteiger partial charge is 0.151 e. The first kappa shape index (κ1) is 24.3. The molecule has 1 aliphatic rings. The molecule has 1 aliphatic carbocycles. The van der Waals surface area contributed by atoms with E-state index in [0.717, 1.165) is 51.4 Å². The van der Waals surface area contributed by atoms with Crippen LogP contribution >= 0.6 is 0 Å². The molecule has 0 amide bonds. The number of unbranched alkanes of at least 4 members (excludes halogenated alkanes) is 5. The summed E-state index contributed by atoms with van der Waals surface area (Å²) in [4.78, 5) is 36.1. The third-order valence-corrected chi connectivity index (χ3v) is 5.14. The number of hydrogen-bond donors (Lipinski definition) is 0. The second-order valence-corrected chi connectivity index (χ2v) is 7.95. The number of ketones is 3. The Hall–Kier alpha value is -1.77. The molecule has 156 valence electrons. The van der Waals surface area contributed by atoms with E-state index in [1.165, 1.54) is 6.42 Å². The molecule has 1 fully saturated rings. The molecule has 0 spiro atoms. The van der Waals surface area contributed by atoms with E-state index in [-0.39, 0.29) is 23.3 Å².